The zero-order chi connectivity index (χ0) is 25.5. The van der Waals surface area contributed by atoms with Gasteiger partial charge < -0.3 is 9.47 Å². The Morgan fingerprint density at radius 3 is 2.75 bits per heavy atom. The zero-order valence-electron chi connectivity index (χ0n) is 18.7. The van der Waals surface area contributed by atoms with Gasteiger partial charge in [0.05, 0.1) is 39.8 Å². The molecule has 182 valence electrons. The van der Waals surface area contributed by atoms with Gasteiger partial charge in [0.15, 0.2) is 15.8 Å². The molecular weight excluding hydrogens is 504 g/mol. The van der Waals surface area contributed by atoms with E-state index in [0.717, 1.165) is 20.6 Å². The second-order valence-electron chi connectivity index (χ2n) is 7.14. The fourth-order valence-electron chi connectivity index (χ4n) is 3.01. The Labute approximate surface area is 213 Å². The quantitative estimate of drug-likeness (QED) is 0.0837. The monoisotopic (exact) mass is 522 g/mol. The van der Waals surface area contributed by atoms with Crippen LogP contribution >= 0.6 is 23.1 Å². The standard InChI is InChI=1S/C24H18N4O6S2/c1-33-20-11-15(9-10-19(20)34-23(30)16-5-4-6-17(12-16)28(31)32)13-25-27-22(29)14-35-24-26-18-7-2-3-8-21(18)36-24/h2-13H,14H2,1H3,(H,27,29)/b25-13+. The number of hydrogen-bond donors (Lipinski definition) is 1. The number of methoxy groups -OCH3 is 1. The molecule has 0 aliphatic heterocycles. The van der Waals surface area contributed by atoms with Crippen LogP contribution in [0.2, 0.25) is 0 Å². The number of nitrogens with one attached hydrogen (secondary N) is 1. The van der Waals surface area contributed by atoms with Crippen LogP contribution in [0.15, 0.2) is 76.2 Å². The van der Waals surface area contributed by atoms with Crippen molar-refractivity contribution >= 4 is 57.1 Å². The second-order valence-corrected chi connectivity index (χ2v) is 9.39. The lowest BCUT2D eigenvalue weighted by Crippen LogP contribution is -2.19. The van der Waals surface area contributed by atoms with Crippen LogP contribution in [0, 0.1) is 10.1 Å². The van der Waals surface area contributed by atoms with Crippen molar-refractivity contribution in [3.05, 3.63) is 88.0 Å². The molecule has 0 atom stereocenters. The fraction of sp³-hybridized carbons (Fsp3) is 0.0833. The van der Waals surface area contributed by atoms with Crippen molar-refractivity contribution in [1.82, 2.24) is 10.4 Å². The highest BCUT2D eigenvalue weighted by molar-refractivity contribution is 8.01. The van der Waals surface area contributed by atoms with E-state index < -0.39 is 10.9 Å². The highest BCUT2D eigenvalue weighted by Gasteiger charge is 2.16. The van der Waals surface area contributed by atoms with Crippen LogP contribution < -0.4 is 14.9 Å². The zero-order valence-corrected chi connectivity index (χ0v) is 20.4. The molecule has 0 unspecified atom stereocenters. The number of para-hydroxylation sites is 1. The molecule has 0 saturated heterocycles. The van der Waals surface area contributed by atoms with E-state index in [9.17, 15) is 19.7 Å². The summed E-state index contributed by atoms with van der Waals surface area (Å²) in [5, 5.41) is 14.9. The first-order valence-electron chi connectivity index (χ1n) is 10.4. The lowest BCUT2D eigenvalue weighted by Gasteiger charge is -2.10. The summed E-state index contributed by atoms with van der Waals surface area (Å²) in [5.74, 6) is -0.522. The Morgan fingerprint density at radius 2 is 1.97 bits per heavy atom. The Morgan fingerprint density at radius 1 is 1.14 bits per heavy atom. The number of nitrogens with zero attached hydrogens (tertiary/aromatic N) is 3. The Balaban J connectivity index is 1.33. The van der Waals surface area contributed by atoms with Gasteiger partial charge in [-0.1, -0.05) is 30.0 Å². The number of carbonyl (C=O) groups excluding carboxylic acids is 2. The summed E-state index contributed by atoms with van der Waals surface area (Å²) in [7, 11) is 1.40. The maximum absolute atomic E-state index is 12.4. The van der Waals surface area contributed by atoms with E-state index in [4.69, 9.17) is 9.47 Å². The molecule has 1 aromatic heterocycles. The van der Waals surface area contributed by atoms with Crippen LogP contribution in [0.4, 0.5) is 5.69 Å². The number of hydrogen-bond acceptors (Lipinski definition) is 10. The van der Waals surface area contributed by atoms with Crippen LogP contribution in [0.1, 0.15) is 15.9 Å². The highest BCUT2D eigenvalue weighted by Crippen LogP contribution is 2.30. The Bertz CT molecular complexity index is 1440. The van der Waals surface area contributed by atoms with E-state index in [-0.39, 0.29) is 34.4 Å². The van der Waals surface area contributed by atoms with Gasteiger partial charge in [-0.05, 0) is 42.0 Å². The van der Waals surface area contributed by atoms with Gasteiger partial charge in [-0.15, -0.1) is 11.3 Å². The molecule has 0 aliphatic carbocycles. The first-order chi connectivity index (χ1) is 17.4. The summed E-state index contributed by atoms with van der Waals surface area (Å²) < 4.78 is 12.5. The number of esters is 1. The molecule has 3 aromatic carbocycles. The fourth-order valence-corrected chi connectivity index (χ4v) is 4.87. The molecule has 0 fully saturated rings. The predicted octanol–water partition coefficient (Wildman–Crippen LogP) is 4.67. The van der Waals surface area contributed by atoms with E-state index in [1.807, 2.05) is 24.3 Å². The number of thioether (sulfide) groups is 1. The van der Waals surface area contributed by atoms with E-state index >= 15 is 0 Å². The third-order valence-electron chi connectivity index (χ3n) is 4.69. The lowest BCUT2D eigenvalue weighted by atomic mass is 10.2. The van der Waals surface area contributed by atoms with E-state index in [2.05, 4.69) is 15.5 Å². The summed E-state index contributed by atoms with van der Waals surface area (Å²) in [6.45, 7) is 0. The Hall–Kier alpha value is -4.29. The minimum absolute atomic E-state index is 0.0309. The van der Waals surface area contributed by atoms with Gasteiger partial charge >= 0.3 is 5.97 Å². The van der Waals surface area contributed by atoms with Gasteiger partial charge in [0.2, 0.25) is 0 Å². The number of fused-ring (bicyclic) bond motifs is 1. The molecule has 1 amide bonds. The molecular formula is C24H18N4O6S2. The molecule has 1 N–H and O–H groups in total. The van der Waals surface area contributed by atoms with E-state index in [0.29, 0.717) is 5.56 Å². The van der Waals surface area contributed by atoms with Crippen LogP contribution in [0.3, 0.4) is 0 Å². The summed E-state index contributed by atoms with van der Waals surface area (Å²) in [4.78, 5) is 39.4. The third kappa shape index (κ3) is 6.23. The third-order valence-corrected chi connectivity index (χ3v) is 6.87. The maximum atomic E-state index is 12.4. The minimum Gasteiger partial charge on any atom is -0.493 e. The number of nitro benzene ring substituents is 1. The average molecular weight is 523 g/mol. The molecule has 0 bridgehead atoms. The maximum Gasteiger partial charge on any atom is 0.343 e. The number of hydrazone groups is 1. The summed E-state index contributed by atoms with van der Waals surface area (Å²) in [5.41, 5.74) is 3.76. The van der Waals surface area contributed by atoms with E-state index in [1.54, 1.807) is 12.1 Å². The SMILES string of the molecule is COc1cc(/C=N/NC(=O)CSc2nc3ccccc3s2)ccc1OC(=O)c1cccc([N+](=O)[O-])c1. The number of benzene rings is 3. The Kier molecular flexibility index (Phi) is 7.88. The van der Waals surface area contributed by atoms with E-state index in [1.165, 1.54) is 60.7 Å². The molecule has 10 nitrogen and oxygen atoms in total. The van der Waals surface area contributed by atoms with Crippen molar-refractivity contribution in [3.63, 3.8) is 0 Å². The topological polar surface area (TPSA) is 133 Å². The van der Waals surface area contributed by atoms with Crippen molar-refractivity contribution < 1.29 is 24.0 Å². The normalized spacial score (nSPS) is 10.9. The van der Waals surface area contributed by atoms with Crippen LogP contribution in [-0.2, 0) is 4.79 Å². The van der Waals surface area contributed by atoms with Gasteiger partial charge in [-0.25, -0.2) is 15.2 Å². The van der Waals surface area contributed by atoms with Crippen molar-refractivity contribution in [2.45, 2.75) is 4.34 Å². The smallest absolute Gasteiger partial charge is 0.343 e. The van der Waals surface area contributed by atoms with Crippen molar-refractivity contribution in [2.24, 2.45) is 5.10 Å². The number of ether oxygens (including phenoxy) is 2. The average Bonchev–Trinajstić information content (AvgIpc) is 3.31. The number of non-ortho nitro benzene ring substituents is 1. The molecule has 1 heterocycles. The summed E-state index contributed by atoms with van der Waals surface area (Å²) in [6, 6.07) is 17.7. The molecule has 0 spiro atoms. The largest absolute Gasteiger partial charge is 0.493 e. The molecule has 0 saturated carbocycles. The van der Waals surface area contributed by atoms with Gasteiger partial charge in [0.1, 0.15) is 0 Å². The van der Waals surface area contributed by atoms with Crippen molar-refractivity contribution in [2.75, 3.05) is 12.9 Å². The first-order valence-corrected chi connectivity index (χ1v) is 12.2. The molecule has 0 radical (unpaired) electrons. The molecule has 4 rings (SSSR count). The number of amides is 1. The first kappa shape index (κ1) is 24.8. The summed E-state index contributed by atoms with van der Waals surface area (Å²) in [6.07, 6.45) is 1.43. The number of rotatable bonds is 9. The van der Waals surface area contributed by atoms with Gasteiger partial charge in [-0.2, -0.15) is 5.10 Å². The van der Waals surface area contributed by atoms with Crippen LogP contribution in [0.25, 0.3) is 10.2 Å². The number of carbonyl (C=O) groups is 2. The van der Waals surface area contributed by atoms with Crippen molar-refractivity contribution in [1.29, 1.82) is 0 Å². The van der Waals surface area contributed by atoms with Gasteiger partial charge in [0, 0.05) is 12.1 Å². The predicted molar refractivity (Wildman–Crippen MR) is 137 cm³/mol. The molecule has 0 aliphatic rings. The number of thiazole rings is 1. The van der Waals surface area contributed by atoms with Crippen LogP contribution in [-0.4, -0.2) is 40.9 Å². The van der Waals surface area contributed by atoms with Gasteiger partial charge in [0.25, 0.3) is 11.6 Å². The molecule has 4 aromatic rings. The number of nitro groups is 1. The summed E-state index contributed by atoms with van der Waals surface area (Å²) >= 11 is 2.85. The van der Waals surface area contributed by atoms with Crippen molar-refractivity contribution in [3.8, 4) is 11.5 Å². The molecule has 12 heteroatoms. The molecule has 36 heavy (non-hydrogen) atoms. The second kappa shape index (κ2) is 11.4. The minimum atomic E-state index is -0.767. The lowest BCUT2D eigenvalue weighted by molar-refractivity contribution is -0.384. The highest BCUT2D eigenvalue weighted by atomic mass is 32.2. The van der Waals surface area contributed by atoms with Crippen LogP contribution in [0.5, 0.6) is 11.5 Å². The van der Waals surface area contributed by atoms with Gasteiger partial charge in [-0.3, -0.25) is 14.9 Å². The number of aromatic nitrogens is 1.